The first-order valence-electron chi connectivity index (χ1n) is 8.62. The first-order chi connectivity index (χ1) is 11.1. The van der Waals surface area contributed by atoms with Crippen molar-refractivity contribution in [1.82, 2.24) is 4.57 Å². The van der Waals surface area contributed by atoms with Crippen LogP contribution in [-0.2, 0) is 11.2 Å². The Labute approximate surface area is 135 Å². The third kappa shape index (κ3) is 2.96. The van der Waals surface area contributed by atoms with Crippen molar-refractivity contribution in [3.8, 4) is 0 Å². The Morgan fingerprint density at radius 2 is 1.91 bits per heavy atom. The molecule has 1 aromatic rings. The fourth-order valence-corrected chi connectivity index (χ4v) is 3.88. The molecule has 0 spiro atoms. The Morgan fingerprint density at radius 1 is 1.17 bits per heavy atom. The maximum absolute atomic E-state index is 12.7. The Morgan fingerprint density at radius 3 is 2.61 bits per heavy atom. The molecule has 124 valence electrons. The molecule has 0 bridgehead atoms. The Hall–Kier alpha value is -1.91. The molecule has 0 saturated heterocycles. The number of ketones is 1. The molecule has 5 nitrogen and oxygen atoms in total. The molecule has 0 unspecified atom stereocenters. The lowest BCUT2D eigenvalue weighted by molar-refractivity contribution is 0.0521. The number of ether oxygens (including phenoxy) is 1. The van der Waals surface area contributed by atoms with Gasteiger partial charge >= 0.3 is 5.97 Å². The monoisotopic (exact) mass is 317 g/mol. The first-order valence-corrected chi connectivity index (χ1v) is 8.62. The second-order valence-electron chi connectivity index (χ2n) is 6.38. The lowest BCUT2D eigenvalue weighted by Crippen LogP contribution is -2.34. The molecule has 2 aliphatic rings. The molecule has 2 aliphatic carbocycles. The number of fused-ring (bicyclic) bond motifs is 1. The van der Waals surface area contributed by atoms with E-state index in [9.17, 15) is 14.4 Å². The van der Waals surface area contributed by atoms with Gasteiger partial charge in [0.25, 0.3) is 5.56 Å². The second-order valence-corrected chi connectivity index (χ2v) is 6.38. The molecule has 0 aromatic carbocycles. The minimum Gasteiger partial charge on any atom is -0.462 e. The van der Waals surface area contributed by atoms with E-state index in [2.05, 4.69) is 0 Å². The zero-order valence-corrected chi connectivity index (χ0v) is 13.6. The average molecular weight is 317 g/mol. The quantitative estimate of drug-likeness (QED) is 0.804. The second kappa shape index (κ2) is 6.69. The van der Waals surface area contributed by atoms with Crippen LogP contribution >= 0.6 is 0 Å². The van der Waals surface area contributed by atoms with E-state index in [-0.39, 0.29) is 29.6 Å². The lowest BCUT2D eigenvalue weighted by Gasteiger charge is -2.30. The van der Waals surface area contributed by atoms with E-state index in [4.69, 9.17) is 4.74 Å². The normalized spacial score (nSPS) is 18.6. The van der Waals surface area contributed by atoms with E-state index in [1.807, 2.05) is 0 Å². The third-order valence-corrected chi connectivity index (χ3v) is 4.89. The van der Waals surface area contributed by atoms with Crippen LogP contribution in [-0.4, -0.2) is 22.9 Å². The highest BCUT2D eigenvalue weighted by atomic mass is 16.5. The predicted octanol–water partition coefficient (Wildman–Crippen LogP) is 3.05. The van der Waals surface area contributed by atoms with Crippen molar-refractivity contribution in [2.45, 2.75) is 64.3 Å². The van der Waals surface area contributed by atoms with Gasteiger partial charge in [-0.15, -0.1) is 0 Å². The fourth-order valence-electron chi connectivity index (χ4n) is 3.88. The van der Waals surface area contributed by atoms with Gasteiger partial charge in [-0.25, -0.2) is 4.79 Å². The summed E-state index contributed by atoms with van der Waals surface area (Å²) >= 11 is 0. The molecule has 5 heteroatoms. The van der Waals surface area contributed by atoms with Crippen molar-refractivity contribution in [2.75, 3.05) is 6.61 Å². The Balaban J connectivity index is 2.15. The SMILES string of the molecule is CCOC(=O)c1cc(=O)n(C2CCCCC2)c2c1C(=O)CCC2. The van der Waals surface area contributed by atoms with E-state index in [1.54, 1.807) is 11.5 Å². The highest BCUT2D eigenvalue weighted by molar-refractivity contribution is 6.07. The molecule has 1 heterocycles. The van der Waals surface area contributed by atoms with E-state index in [0.717, 1.165) is 37.8 Å². The van der Waals surface area contributed by atoms with Gasteiger partial charge in [-0.05, 0) is 32.6 Å². The average Bonchev–Trinajstić information content (AvgIpc) is 2.55. The molecule has 0 atom stereocenters. The van der Waals surface area contributed by atoms with Crippen LogP contribution in [0.5, 0.6) is 0 Å². The molecule has 0 radical (unpaired) electrons. The fraction of sp³-hybridized carbons (Fsp3) is 0.611. The summed E-state index contributed by atoms with van der Waals surface area (Å²) in [5.74, 6) is -0.606. The van der Waals surface area contributed by atoms with Gasteiger partial charge in [0.05, 0.1) is 17.7 Å². The van der Waals surface area contributed by atoms with Crippen LogP contribution in [0.1, 0.15) is 84.3 Å². The minimum atomic E-state index is -0.563. The summed E-state index contributed by atoms with van der Waals surface area (Å²) in [4.78, 5) is 37.3. The summed E-state index contributed by atoms with van der Waals surface area (Å²) in [6.07, 6.45) is 7.22. The summed E-state index contributed by atoms with van der Waals surface area (Å²) in [5, 5.41) is 0. The zero-order valence-electron chi connectivity index (χ0n) is 13.6. The smallest absolute Gasteiger partial charge is 0.339 e. The highest BCUT2D eigenvalue weighted by Crippen LogP contribution is 2.32. The summed E-state index contributed by atoms with van der Waals surface area (Å²) in [5.41, 5.74) is 1.17. The van der Waals surface area contributed by atoms with Gasteiger partial charge in [-0.2, -0.15) is 0 Å². The zero-order chi connectivity index (χ0) is 16.4. The predicted molar refractivity (Wildman–Crippen MR) is 86.0 cm³/mol. The summed E-state index contributed by atoms with van der Waals surface area (Å²) in [7, 11) is 0. The molecule has 1 saturated carbocycles. The molecule has 0 aliphatic heterocycles. The van der Waals surface area contributed by atoms with Crippen molar-refractivity contribution in [3.05, 3.63) is 33.2 Å². The van der Waals surface area contributed by atoms with Crippen molar-refractivity contribution < 1.29 is 14.3 Å². The summed E-state index contributed by atoms with van der Waals surface area (Å²) in [6.45, 7) is 1.95. The van der Waals surface area contributed by atoms with Crippen molar-refractivity contribution in [3.63, 3.8) is 0 Å². The number of hydrogen-bond donors (Lipinski definition) is 0. The number of Topliss-reactive ketones (excluding diaryl/α,β-unsaturated/α-hetero) is 1. The van der Waals surface area contributed by atoms with E-state index >= 15 is 0 Å². The van der Waals surface area contributed by atoms with Crippen LogP contribution in [0, 0.1) is 0 Å². The van der Waals surface area contributed by atoms with Crippen LogP contribution in [0.3, 0.4) is 0 Å². The van der Waals surface area contributed by atoms with Crippen LogP contribution in [0.25, 0.3) is 0 Å². The topological polar surface area (TPSA) is 65.4 Å². The van der Waals surface area contributed by atoms with E-state index in [0.29, 0.717) is 18.4 Å². The van der Waals surface area contributed by atoms with Crippen molar-refractivity contribution in [2.24, 2.45) is 0 Å². The largest absolute Gasteiger partial charge is 0.462 e. The number of carbonyl (C=O) groups excluding carboxylic acids is 2. The molecule has 1 fully saturated rings. The molecule has 1 aromatic heterocycles. The molecule has 0 N–H and O–H groups in total. The first kappa shape index (κ1) is 16.0. The highest BCUT2D eigenvalue weighted by Gasteiger charge is 2.30. The molecule has 23 heavy (non-hydrogen) atoms. The number of nitrogens with zero attached hydrogens (tertiary/aromatic N) is 1. The van der Waals surface area contributed by atoms with Crippen molar-refractivity contribution in [1.29, 1.82) is 0 Å². The number of carbonyl (C=O) groups is 2. The number of rotatable bonds is 3. The van der Waals surface area contributed by atoms with Gasteiger partial charge in [0, 0.05) is 24.2 Å². The van der Waals surface area contributed by atoms with E-state index in [1.165, 1.54) is 12.5 Å². The molecule has 3 rings (SSSR count). The van der Waals surface area contributed by atoms with Gasteiger partial charge in [0.15, 0.2) is 5.78 Å². The van der Waals surface area contributed by atoms with Crippen LogP contribution < -0.4 is 5.56 Å². The van der Waals surface area contributed by atoms with Gasteiger partial charge in [-0.1, -0.05) is 19.3 Å². The van der Waals surface area contributed by atoms with Gasteiger partial charge < -0.3 is 9.30 Å². The third-order valence-electron chi connectivity index (χ3n) is 4.89. The number of aromatic nitrogens is 1. The minimum absolute atomic E-state index is 0.0427. The molecule has 0 amide bonds. The number of pyridine rings is 1. The maximum atomic E-state index is 12.7. The van der Waals surface area contributed by atoms with Gasteiger partial charge in [0.2, 0.25) is 0 Å². The molecular formula is C18H23NO4. The molecular weight excluding hydrogens is 294 g/mol. The van der Waals surface area contributed by atoms with Crippen LogP contribution in [0.2, 0.25) is 0 Å². The standard InChI is InChI=1S/C18H23NO4/c1-2-23-18(22)13-11-16(21)19(12-7-4-3-5-8-12)14-9-6-10-15(20)17(13)14/h11-12H,2-10H2,1H3. The van der Waals surface area contributed by atoms with Gasteiger partial charge in [-0.3, -0.25) is 9.59 Å². The lowest BCUT2D eigenvalue weighted by atomic mass is 9.88. The summed E-state index contributed by atoms with van der Waals surface area (Å²) in [6, 6.07) is 1.47. The summed E-state index contributed by atoms with van der Waals surface area (Å²) < 4.78 is 6.84. The number of esters is 1. The Bertz CT molecular complexity index is 683. The van der Waals surface area contributed by atoms with Gasteiger partial charge in [0.1, 0.15) is 0 Å². The maximum Gasteiger partial charge on any atom is 0.339 e. The Kier molecular flexibility index (Phi) is 4.64. The van der Waals surface area contributed by atoms with Crippen molar-refractivity contribution >= 4 is 11.8 Å². The van der Waals surface area contributed by atoms with E-state index < -0.39 is 5.97 Å². The number of hydrogen-bond acceptors (Lipinski definition) is 4. The van der Waals surface area contributed by atoms with Crippen LogP contribution in [0.4, 0.5) is 0 Å². The van der Waals surface area contributed by atoms with Crippen LogP contribution in [0.15, 0.2) is 10.9 Å².